The van der Waals surface area contributed by atoms with Crippen molar-refractivity contribution in [3.63, 3.8) is 0 Å². The van der Waals surface area contributed by atoms with Crippen LogP contribution in [0.15, 0.2) is 48.5 Å². The third-order valence-corrected chi connectivity index (χ3v) is 4.25. The third kappa shape index (κ3) is 4.97. The van der Waals surface area contributed by atoms with Gasteiger partial charge in [-0.3, -0.25) is 4.79 Å². The molecule has 1 heterocycles. The van der Waals surface area contributed by atoms with Crippen LogP contribution in [0.1, 0.15) is 23.2 Å². The highest BCUT2D eigenvalue weighted by molar-refractivity contribution is 6.30. The van der Waals surface area contributed by atoms with Crippen molar-refractivity contribution in [3.05, 3.63) is 59.1 Å². The van der Waals surface area contributed by atoms with Crippen molar-refractivity contribution in [1.82, 2.24) is 5.32 Å². The van der Waals surface area contributed by atoms with E-state index in [4.69, 9.17) is 16.3 Å². The number of carbonyl (C=O) groups is 2. The fourth-order valence-corrected chi connectivity index (χ4v) is 2.94. The van der Waals surface area contributed by atoms with Gasteiger partial charge < -0.3 is 20.7 Å². The average molecular weight is 374 g/mol. The summed E-state index contributed by atoms with van der Waals surface area (Å²) >= 11 is 5.91. The highest BCUT2D eigenvalue weighted by Crippen LogP contribution is 2.18. The first-order chi connectivity index (χ1) is 12.6. The molecule has 0 saturated carbocycles. The van der Waals surface area contributed by atoms with Crippen molar-refractivity contribution < 1.29 is 14.3 Å². The molecule has 1 aliphatic heterocycles. The monoisotopic (exact) mass is 373 g/mol. The minimum Gasteiger partial charge on any atom is -0.376 e. The van der Waals surface area contributed by atoms with Gasteiger partial charge in [0.15, 0.2) is 0 Å². The Morgan fingerprint density at radius 3 is 2.73 bits per heavy atom. The molecule has 26 heavy (non-hydrogen) atoms. The predicted octanol–water partition coefficient (Wildman–Crippen LogP) is 3.89. The molecule has 1 aliphatic rings. The Kier molecular flexibility index (Phi) is 6.09. The minimum atomic E-state index is -0.452. The Morgan fingerprint density at radius 2 is 1.96 bits per heavy atom. The molecule has 0 bridgehead atoms. The summed E-state index contributed by atoms with van der Waals surface area (Å²) in [5.41, 5.74) is 1.39. The molecule has 2 aromatic rings. The molecule has 136 valence electrons. The van der Waals surface area contributed by atoms with E-state index in [1.807, 2.05) is 0 Å². The molecule has 2 aromatic carbocycles. The zero-order valence-corrected chi connectivity index (χ0v) is 14.9. The minimum absolute atomic E-state index is 0.0604. The van der Waals surface area contributed by atoms with E-state index in [0.717, 1.165) is 19.4 Å². The number of amides is 3. The van der Waals surface area contributed by atoms with Crippen LogP contribution in [-0.4, -0.2) is 31.2 Å². The van der Waals surface area contributed by atoms with Crippen molar-refractivity contribution in [2.75, 3.05) is 23.8 Å². The van der Waals surface area contributed by atoms with Crippen molar-refractivity contribution in [3.8, 4) is 0 Å². The number of ether oxygens (including phenoxy) is 1. The number of halogens is 1. The molecule has 6 nitrogen and oxygen atoms in total. The molecule has 1 saturated heterocycles. The molecule has 3 rings (SSSR count). The van der Waals surface area contributed by atoms with Gasteiger partial charge in [-0.25, -0.2) is 4.79 Å². The Balaban J connectivity index is 1.62. The second kappa shape index (κ2) is 8.69. The van der Waals surface area contributed by atoms with E-state index in [2.05, 4.69) is 16.0 Å². The van der Waals surface area contributed by atoms with Gasteiger partial charge in [0, 0.05) is 23.9 Å². The summed E-state index contributed by atoms with van der Waals surface area (Å²) in [5.74, 6) is -0.251. The second-order valence-electron chi connectivity index (χ2n) is 5.98. The lowest BCUT2D eigenvalue weighted by atomic mass is 10.1. The lowest BCUT2D eigenvalue weighted by Gasteiger charge is -2.14. The molecule has 3 amide bonds. The van der Waals surface area contributed by atoms with Gasteiger partial charge in [0.1, 0.15) is 0 Å². The lowest BCUT2D eigenvalue weighted by molar-refractivity contribution is 0.0858. The Hall–Kier alpha value is -2.57. The summed E-state index contributed by atoms with van der Waals surface area (Å²) in [6.45, 7) is 1.20. The topological polar surface area (TPSA) is 79.5 Å². The molecule has 0 aromatic heterocycles. The molecule has 3 N–H and O–H groups in total. The number of hydrogen-bond donors (Lipinski definition) is 3. The maximum atomic E-state index is 12.5. The van der Waals surface area contributed by atoms with Crippen LogP contribution in [0, 0.1) is 0 Å². The smallest absolute Gasteiger partial charge is 0.323 e. The fraction of sp³-hybridized carbons (Fsp3) is 0.263. The number of urea groups is 1. The first-order valence-electron chi connectivity index (χ1n) is 8.44. The number of hydrogen-bond acceptors (Lipinski definition) is 3. The SMILES string of the molecule is O=C(Nc1cccc(Cl)c1)Nc1ccccc1C(=O)NCC1CCCO1. The van der Waals surface area contributed by atoms with Crippen LogP contribution in [0.5, 0.6) is 0 Å². The van der Waals surface area contributed by atoms with Crippen LogP contribution >= 0.6 is 11.6 Å². The number of nitrogens with one attached hydrogen (secondary N) is 3. The fourth-order valence-electron chi connectivity index (χ4n) is 2.75. The molecule has 0 aliphatic carbocycles. The van der Waals surface area contributed by atoms with E-state index in [0.29, 0.717) is 28.5 Å². The maximum Gasteiger partial charge on any atom is 0.323 e. The largest absolute Gasteiger partial charge is 0.376 e. The van der Waals surface area contributed by atoms with E-state index >= 15 is 0 Å². The summed E-state index contributed by atoms with van der Waals surface area (Å²) in [7, 11) is 0. The van der Waals surface area contributed by atoms with Gasteiger partial charge >= 0.3 is 6.03 Å². The summed E-state index contributed by atoms with van der Waals surface area (Å²) in [4.78, 5) is 24.7. The number of anilines is 2. The average Bonchev–Trinajstić information content (AvgIpc) is 3.13. The van der Waals surface area contributed by atoms with Gasteiger partial charge in [-0.15, -0.1) is 0 Å². The quantitative estimate of drug-likeness (QED) is 0.743. The zero-order valence-electron chi connectivity index (χ0n) is 14.1. The van der Waals surface area contributed by atoms with Gasteiger partial charge in [-0.1, -0.05) is 29.8 Å². The Bertz CT molecular complexity index is 791. The molecule has 1 unspecified atom stereocenters. The van der Waals surface area contributed by atoms with E-state index in [1.54, 1.807) is 48.5 Å². The summed E-state index contributed by atoms with van der Waals surface area (Å²) in [6.07, 6.45) is 2.02. The Labute approximate surface area is 156 Å². The first-order valence-corrected chi connectivity index (χ1v) is 8.82. The highest BCUT2D eigenvalue weighted by Gasteiger charge is 2.18. The first kappa shape index (κ1) is 18.2. The maximum absolute atomic E-state index is 12.5. The van der Waals surface area contributed by atoms with Gasteiger partial charge in [-0.05, 0) is 43.2 Å². The van der Waals surface area contributed by atoms with Crippen molar-refractivity contribution in [2.24, 2.45) is 0 Å². The molecular weight excluding hydrogens is 354 g/mol. The second-order valence-corrected chi connectivity index (χ2v) is 6.42. The summed E-state index contributed by atoms with van der Waals surface area (Å²) in [6, 6.07) is 13.2. The van der Waals surface area contributed by atoms with Crippen molar-refractivity contribution in [2.45, 2.75) is 18.9 Å². The van der Waals surface area contributed by atoms with Crippen LogP contribution < -0.4 is 16.0 Å². The molecule has 1 fully saturated rings. The van der Waals surface area contributed by atoms with E-state index in [1.165, 1.54) is 0 Å². The molecule has 7 heteroatoms. The number of carbonyl (C=O) groups excluding carboxylic acids is 2. The summed E-state index contributed by atoms with van der Waals surface area (Å²) in [5, 5.41) is 8.77. The molecular formula is C19H20ClN3O3. The third-order valence-electron chi connectivity index (χ3n) is 4.02. The molecule has 0 spiro atoms. The van der Waals surface area contributed by atoms with Crippen LogP contribution in [-0.2, 0) is 4.74 Å². The zero-order chi connectivity index (χ0) is 18.4. The van der Waals surface area contributed by atoms with Crippen LogP contribution in [0.2, 0.25) is 5.02 Å². The Morgan fingerprint density at radius 1 is 1.12 bits per heavy atom. The van der Waals surface area contributed by atoms with Crippen LogP contribution in [0.4, 0.5) is 16.2 Å². The van der Waals surface area contributed by atoms with Crippen molar-refractivity contribution >= 4 is 34.9 Å². The van der Waals surface area contributed by atoms with Crippen LogP contribution in [0.3, 0.4) is 0 Å². The van der Waals surface area contributed by atoms with E-state index in [-0.39, 0.29) is 12.0 Å². The van der Waals surface area contributed by atoms with Gasteiger partial charge in [0.2, 0.25) is 0 Å². The van der Waals surface area contributed by atoms with E-state index < -0.39 is 6.03 Å². The van der Waals surface area contributed by atoms with Gasteiger partial charge in [0.05, 0.1) is 17.4 Å². The normalized spacial score (nSPS) is 16.1. The van der Waals surface area contributed by atoms with Crippen molar-refractivity contribution in [1.29, 1.82) is 0 Å². The number of para-hydroxylation sites is 1. The summed E-state index contributed by atoms with van der Waals surface area (Å²) < 4.78 is 5.50. The predicted molar refractivity (Wildman–Crippen MR) is 102 cm³/mol. The number of rotatable bonds is 5. The van der Waals surface area contributed by atoms with Gasteiger partial charge in [-0.2, -0.15) is 0 Å². The van der Waals surface area contributed by atoms with E-state index in [9.17, 15) is 9.59 Å². The highest BCUT2D eigenvalue weighted by atomic mass is 35.5. The molecule has 0 radical (unpaired) electrons. The standard InChI is InChI=1S/C19H20ClN3O3/c20-13-5-3-6-14(11-13)22-19(25)23-17-9-2-1-8-16(17)18(24)21-12-15-7-4-10-26-15/h1-3,5-6,8-9,11,15H,4,7,10,12H2,(H,21,24)(H2,22,23,25). The number of benzene rings is 2. The molecule has 1 atom stereocenters. The van der Waals surface area contributed by atoms with Crippen LogP contribution in [0.25, 0.3) is 0 Å². The van der Waals surface area contributed by atoms with Gasteiger partial charge in [0.25, 0.3) is 5.91 Å². The lowest BCUT2D eigenvalue weighted by Crippen LogP contribution is -2.32.